The lowest BCUT2D eigenvalue weighted by Gasteiger charge is -2.33. The molecule has 1 aliphatic rings. The molecule has 0 heterocycles. The fourth-order valence-electron chi connectivity index (χ4n) is 3.36. The topological polar surface area (TPSA) is 46.2 Å². The van der Waals surface area contributed by atoms with E-state index in [0.29, 0.717) is 12.0 Å². The Kier molecular flexibility index (Phi) is 5.44. The number of sulfone groups is 1. The average Bonchev–Trinajstić information content (AvgIpc) is 2.37. The van der Waals surface area contributed by atoms with Crippen LogP contribution in [0.3, 0.4) is 0 Å². The van der Waals surface area contributed by atoms with E-state index in [0.717, 1.165) is 23.6 Å². The molecule has 0 amide bonds. The molecule has 0 radical (unpaired) electrons. The minimum Gasteiger partial charge on any atom is -0.310 e. The lowest BCUT2D eigenvalue weighted by Crippen LogP contribution is -2.38. The molecule has 1 aromatic carbocycles. The molecule has 0 unspecified atom stereocenters. The number of nitrogens with one attached hydrogen (secondary N) is 1. The van der Waals surface area contributed by atoms with Gasteiger partial charge in [0.2, 0.25) is 0 Å². The third-order valence-corrected chi connectivity index (χ3v) is 5.36. The smallest absolute Gasteiger partial charge is 0.151 e. The van der Waals surface area contributed by atoms with Gasteiger partial charge in [-0.3, -0.25) is 0 Å². The maximum Gasteiger partial charge on any atom is 0.151 e. The Morgan fingerprint density at radius 1 is 1.14 bits per heavy atom. The molecule has 0 spiro atoms. The van der Waals surface area contributed by atoms with E-state index in [-0.39, 0.29) is 5.75 Å². The molecule has 0 saturated heterocycles. The van der Waals surface area contributed by atoms with Crippen LogP contribution in [0, 0.1) is 11.8 Å². The van der Waals surface area contributed by atoms with Crippen molar-refractivity contribution < 1.29 is 8.42 Å². The fourth-order valence-corrected chi connectivity index (χ4v) is 4.21. The molecule has 118 valence electrons. The van der Waals surface area contributed by atoms with Gasteiger partial charge in [0.25, 0.3) is 0 Å². The van der Waals surface area contributed by atoms with E-state index in [1.165, 1.54) is 25.5 Å². The second-order valence-corrected chi connectivity index (χ2v) is 8.86. The summed E-state index contributed by atoms with van der Waals surface area (Å²) in [6, 6.07) is 8.39. The maximum absolute atomic E-state index is 11.5. The molecule has 1 N–H and O–H groups in total. The molecule has 1 aromatic rings. The molecule has 1 aliphatic carbocycles. The molecular weight excluding hydrogens is 282 g/mol. The van der Waals surface area contributed by atoms with Gasteiger partial charge < -0.3 is 5.32 Å². The zero-order chi connectivity index (χ0) is 15.5. The van der Waals surface area contributed by atoms with Crippen LogP contribution < -0.4 is 5.32 Å². The minimum absolute atomic E-state index is 0.127. The van der Waals surface area contributed by atoms with Crippen molar-refractivity contribution in [3.63, 3.8) is 0 Å². The Balaban J connectivity index is 2.00. The van der Waals surface area contributed by atoms with Crippen LogP contribution >= 0.6 is 0 Å². The lowest BCUT2D eigenvalue weighted by molar-refractivity contribution is 0.227. The van der Waals surface area contributed by atoms with Crippen molar-refractivity contribution in [1.29, 1.82) is 0 Å². The first-order valence-electron chi connectivity index (χ1n) is 7.83. The molecule has 0 bridgehead atoms. The summed E-state index contributed by atoms with van der Waals surface area (Å²) in [6.45, 7) is 5.40. The predicted octanol–water partition coefficient (Wildman–Crippen LogP) is 3.15. The molecule has 3 atom stereocenters. The molecule has 21 heavy (non-hydrogen) atoms. The molecule has 3 nitrogen and oxygen atoms in total. The molecule has 1 fully saturated rings. The molecular formula is C17H27NO2S. The van der Waals surface area contributed by atoms with E-state index < -0.39 is 9.84 Å². The Hall–Kier alpha value is -0.870. The summed E-state index contributed by atoms with van der Waals surface area (Å²) in [5.74, 6) is 1.65. The summed E-state index contributed by atoms with van der Waals surface area (Å²) in [5, 5.41) is 3.64. The standard InChI is InChI=1S/C17H27NO2S/c1-13-8-9-17(14(2)10-13)18-11-15-6-4-5-7-16(15)12-21(3,19)20/h4-7,13-14,17-18H,8-12H2,1-3H3/t13-,14-,17+/m1/s1. The Morgan fingerprint density at radius 2 is 1.81 bits per heavy atom. The second-order valence-electron chi connectivity index (χ2n) is 6.72. The van der Waals surface area contributed by atoms with E-state index >= 15 is 0 Å². The van der Waals surface area contributed by atoms with Crippen LogP contribution in [0.25, 0.3) is 0 Å². The van der Waals surface area contributed by atoms with Crippen molar-refractivity contribution in [2.45, 2.75) is 51.4 Å². The van der Waals surface area contributed by atoms with Crippen LogP contribution in [0.4, 0.5) is 0 Å². The zero-order valence-electron chi connectivity index (χ0n) is 13.3. The average molecular weight is 309 g/mol. The van der Waals surface area contributed by atoms with Gasteiger partial charge >= 0.3 is 0 Å². The van der Waals surface area contributed by atoms with E-state index in [4.69, 9.17) is 0 Å². The second kappa shape index (κ2) is 6.93. The first kappa shape index (κ1) is 16.5. The summed E-state index contributed by atoms with van der Waals surface area (Å²) in [7, 11) is -2.99. The SMILES string of the molecule is C[C@@H]1CC[C@H](NCc2ccccc2CS(C)(=O)=O)[C@H](C)C1. The predicted molar refractivity (Wildman–Crippen MR) is 87.8 cm³/mol. The van der Waals surface area contributed by atoms with Crippen molar-refractivity contribution >= 4 is 9.84 Å². The quantitative estimate of drug-likeness (QED) is 0.909. The van der Waals surface area contributed by atoms with Gasteiger partial charge in [-0.2, -0.15) is 0 Å². The molecule has 2 rings (SSSR count). The van der Waals surface area contributed by atoms with Gasteiger partial charge in [0.1, 0.15) is 0 Å². The maximum atomic E-state index is 11.5. The highest BCUT2D eigenvalue weighted by Gasteiger charge is 2.24. The first-order chi connectivity index (χ1) is 9.85. The van der Waals surface area contributed by atoms with Crippen LogP contribution in [-0.2, 0) is 22.1 Å². The largest absolute Gasteiger partial charge is 0.310 e. The van der Waals surface area contributed by atoms with Crippen molar-refractivity contribution in [2.75, 3.05) is 6.26 Å². The molecule has 4 heteroatoms. The van der Waals surface area contributed by atoms with Crippen molar-refractivity contribution in [1.82, 2.24) is 5.32 Å². The van der Waals surface area contributed by atoms with Crippen LogP contribution in [0.15, 0.2) is 24.3 Å². The van der Waals surface area contributed by atoms with E-state index in [2.05, 4.69) is 19.2 Å². The number of hydrogen-bond acceptors (Lipinski definition) is 3. The van der Waals surface area contributed by atoms with Crippen LogP contribution in [0.1, 0.15) is 44.2 Å². The van der Waals surface area contributed by atoms with Crippen LogP contribution in [0.2, 0.25) is 0 Å². The summed E-state index contributed by atoms with van der Waals surface area (Å²) < 4.78 is 23.1. The number of rotatable bonds is 5. The summed E-state index contributed by atoms with van der Waals surface area (Å²) >= 11 is 0. The zero-order valence-corrected chi connectivity index (χ0v) is 14.1. The van der Waals surface area contributed by atoms with Crippen molar-refractivity contribution in [3.8, 4) is 0 Å². The Morgan fingerprint density at radius 3 is 2.43 bits per heavy atom. The van der Waals surface area contributed by atoms with Gasteiger partial charge in [-0.1, -0.05) is 38.1 Å². The van der Waals surface area contributed by atoms with Gasteiger partial charge in [-0.25, -0.2) is 8.42 Å². The highest BCUT2D eigenvalue weighted by Crippen LogP contribution is 2.28. The van der Waals surface area contributed by atoms with Crippen molar-refractivity contribution in [3.05, 3.63) is 35.4 Å². The highest BCUT2D eigenvalue weighted by molar-refractivity contribution is 7.89. The Bertz CT molecular complexity index is 568. The van der Waals surface area contributed by atoms with Crippen molar-refractivity contribution in [2.24, 2.45) is 11.8 Å². The van der Waals surface area contributed by atoms with Gasteiger partial charge in [-0.15, -0.1) is 0 Å². The Labute approximate surface area is 129 Å². The summed E-state index contributed by atoms with van der Waals surface area (Å²) in [4.78, 5) is 0. The molecule has 1 saturated carbocycles. The van der Waals surface area contributed by atoms with Gasteiger partial charge in [-0.05, 0) is 42.2 Å². The summed E-state index contributed by atoms with van der Waals surface area (Å²) in [6.07, 6.45) is 5.08. The summed E-state index contributed by atoms with van der Waals surface area (Å²) in [5.41, 5.74) is 2.03. The third kappa shape index (κ3) is 5.11. The lowest BCUT2D eigenvalue weighted by atomic mass is 9.80. The normalized spacial score (nSPS) is 26.7. The highest BCUT2D eigenvalue weighted by atomic mass is 32.2. The number of benzene rings is 1. The van der Waals surface area contributed by atoms with E-state index in [9.17, 15) is 8.42 Å². The van der Waals surface area contributed by atoms with Gasteiger partial charge in [0.15, 0.2) is 9.84 Å². The monoisotopic (exact) mass is 309 g/mol. The van der Waals surface area contributed by atoms with Gasteiger partial charge in [0.05, 0.1) is 5.75 Å². The fraction of sp³-hybridized carbons (Fsp3) is 0.647. The van der Waals surface area contributed by atoms with E-state index in [1.807, 2.05) is 24.3 Å². The van der Waals surface area contributed by atoms with Gasteiger partial charge in [0, 0.05) is 18.8 Å². The van der Waals surface area contributed by atoms with Crippen LogP contribution in [0.5, 0.6) is 0 Å². The number of hydrogen-bond donors (Lipinski definition) is 1. The third-order valence-electron chi connectivity index (χ3n) is 4.52. The first-order valence-corrected chi connectivity index (χ1v) is 9.89. The van der Waals surface area contributed by atoms with Crippen LogP contribution in [-0.4, -0.2) is 20.7 Å². The minimum atomic E-state index is -2.99. The van der Waals surface area contributed by atoms with E-state index in [1.54, 1.807) is 0 Å². The molecule has 0 aromatic heterocycles. The molecule has 0 aliphatic heterocycles.